The molecule has 4 aromatic heterocycles. The molecule has 0 amide bonds. The van der Waals surface area contributed by atoms with E-state index in [2.05, 4.69) is 9.97 Å². The fourth-order valence-corrected chi connectivity index (χ4v) is 5.49. The van der Waals surface area contributed by atoms with Gasteiger partial charge in [-0.05, 0) is 30.7 Å². The van der Waals surface area contributed by atoms with Crippen molar-refractivity contribution < 1.29 is 8.42 Å². The van der Waals surface area contributed by atoms with Crippen molar-refractivity contribution in [2.45, 2.75) is 11.4 Å². The molecule has 0 atom stereocenters. The molecule has 24 heavy (non-hydrogen) atoms. The summed E-state index contributed by atoms with van der Waals surface area (Å²) in [5.41, 5.74) is 7.51. The van der Waals surface area contributed by atoms with Crippen LogP contribution in [0.4, 0.5) is 0 Å². The van der Waals surface area contributed by atoms with E-state index in [9.17, 15) is 8.42 Å². The Morgan fingerprint density at radius 3 is 3.00 bits per heavy atom. The van der Waals surface area contributed by atoms with Crippen molar-refractivity contribution in [1.82, 2.24) is 18.3 Å². The smallest absolute Gasteiger partial charge is 0.287 e. The number of aromatic nitrogens is 4. The number of rotatable bonds is 4. The Morgan fingerprint density at radius 1 is 1.38 bits per heavy atom. The van der Waals surface area contributed by atoms with Crippen LogP contribution in [0.1, 0.15) is 5.56 Å². The summed E-state index contributed by atoms with van der Waals surface area (Å²) in [6, 6.07) is 3.40. The third-order valence-corrected chi connectivity index (χ3v) is 6.53. The van der Waals surface area contributed by atoms with Gasteiger partial charge in [-0.3, -0.25) is 9.38 Å². The second kappa shape index (κ2) is 5.55. The number of nitrogens with zero attached hydrogens (tertiary/aromatic N) is 4. The third kappa shape index (κ3) is 2.16. The zero-order chi connectivity index (χ0) is 16.9. The monoisotopic (exact) mass is 381 g/mol. The van der Waals surface area contributed by atoms with Crippen LogP contribution in [0.3, 0.4) is 0 Å². The van der Waals surface area contributed by atoms with Gasteiger partial charge >= 0.3 is 0 Å². The number of thiazole rings is 1. The van der Waals surface area contributed by atoms with Crippen LogP contribution in [0.25, 0.3) is 16.0 Å². The molecule has 0 bridgehead atoms. The number of fused-ring (bicyclic) bond motifs is 2. The number of halogens is 1. The Balaban J connectivity index is 2.03. The molecule has 4 heterocycles. The quantitative estimate of drug-likeness (QED) is 0.584. The highest BCUT2D eigenvalue weighted by Gasteiger charge is 2.29. The van der Waals surface area contributed by atoms with Crippen LogP contribution in [0, 0.1) is 0 Å². The van der Waals surface area contributed by atoms with Gasteiger partial charge in [0.05, 0.1) is 11.0 Å². The predicted molar refractivity (Wildman–Crippen MR) is 93.2 cm³/mol. The third-order valence-electron chi connectivity index (χ3n) is 3.70. The molecule has 0 saturated carbocycles. The maximum atomic E-state index is 13.2. The Morgan fingerprint density at radius 2 is 2.21 bits per heavy atom. The van der Waals surface area contributed by atoms with Gasteiger partial charge in [0.2, 0.25) is 5.03 Å². The van der Waals surface area contributed by atoms with Crippen LogP contribution in [0.5, 0.6) is 0 Å². The highest BCUT2D eigenvalue weighted by atomic mass is 35.5. The first-order valence-electron chi connectivity index (χ1n) is 7.05. The standard InChI is InChI=1S/C14H12ClN5O2S2/c15-12-13(19-6-7-23-14(19)18-12)24(21,22)20-8-9(3-4-16)11-10(20)2-1-5-17-11/h1-2,5-8H,3-4,16H2. The van der Waals surface area contributed by atoms with Gasteiger partial charge in [-0.25, -0.2) is 8.96 Å². The number of pyridine rings is 1. The van der Waals surface area contributed by atoms with Gasteiger partial charge in [-0.2, -0.15) is 8.42 Å². The summed E-state index contributed by atoms with van der Waals surface area (Å²) in [5.74, 6) is 0. The average Bonchev–Trinajstić information content (AvgIpc) is 3.20. The van der Waals surface area contributed by atoms with Gasteiger partial charge in [0.15, 0.2) is 10.1 Å². The molecule has 0 unspecified atom stereocenters. The molecule has 2 N–H and O–H groups in total. The second-order valence-electron chi connectivity index (χ2n) is 5.13. The summed E-state index contributed by atoms with van der Waals surface area (Å²) in [6.45, 7) is 0.401. The molecule has 4 aromatic rings. The summed E-state index contributed by atoms with van der Waals surface area (Å²) in [4.78, 5) is 8.93. The lowest BCUT2D eigenvalue weighted by atomic mass is 10.2. The topological polar surface area (TPSA) is 95.3 Å². The second-order valence-corrected chi connectivity index (χ2v) is 8.09. The summed E-state index contributed by atoms with van der Waals surface area (Å²) >= 11 is 7.42. The Hall–Kier alpha value is -1.94. The molecule has 0 aliphatic rings. The maximum Gasteiger partial charge on any atom is 0.287 e. The molecule has 0 fully saturated rings. The highest BCUT2D eigenvalue weighted by Crippen LogP contribution is 2.30. The normalized spacial score (nSPS) is 12.4. The first-order chi connectivity index (χ1) is 11.5. The van der Waals surface area contributed by atoms with E-state index in [0.717, 1.165) is 5.56 Å². The zero-order valence-electron chi connectivity index (χ0n) is 12.3. The molecule has 7 nitrogen and oxygen atoms in total. The molecule has 4 rings (SSSR count). The van der Waals surface area contributed by atoms with Gasteiger partial charge in [-0.1, -0.05) is 11.6 Å². The Bertz CT molecular complexity index is 1160. The minimum absolute atomic E-state index is 0.0482. The van der Waals surface area contributed by atoms with Gasteiger partial charge < -0.3 is 5.73 Å². The van der Waals surface area contributed by atoms with Crippen LogP contribution in [0.2, 0.25) is 5.15 Å². The van der Waals surface area contributed by atoms with E-state index in [0.29, 0.717) is 29.0 Å². The summed E-state index contributed by atoms with van der Waals surface area (Å²) < 4.78 is 29.1. The fraction of sp³-hybridized carbons (Fsp3) is 0.143. The predicted octanol–water partition coefficient (Wildman–Crippen LogP) is 2.14. The first-order valence-corrected chi connectivity index (χ1v) is 9.75. The van der Waals surface area contributed by atoms with Crippen LogP contribution >= 0.6 is 22.9 Å². The van der Waals surface area contributed by atoms with Gasteiger partial charge in [0, 0.05) is 24.0 Å². The fourth-order valence-electron chi connectivity index (χ4n) is 2.69. The highest BCUT2D eigenvalue weighted by molar-refractivity contribution is 7.90. The molecule has 10 heteroatoms. The van der Waals surface area contributed by atoms with Crippen LogP contribution in [-0.4, -0.2) is 33.3 Å². The number of hydrogen-bond donors (Lipinski definition) is 1. The van der Waals surface area contributed by atoms with Crippen LogP contribution in [0.15, 0.2) is 41.1 Å². The lowest BCUT2D eigenvalue weighted by molar-refractivity contribution is 0.584. The minimum Gasteiger partial charge on any atom is -0.330 e. The Kier molecular flexibility index (Phi) is 3.61. The van der Waals surface area contributed by atoms with E-state index >= 15 is 0 Å². The molecule has 0 aliphatic heterocycles. The number of nitrogens with two attached hydrogens (primary N) is 1. The van der Waals surface area contributed by atoms with E-state index in [1.54, 1.807) is 36.1 Å². The van der Waals surface area contributed by atoms with E-state index in [1.807, 2.05) is 0 Å². The lowest BCUT2D eigenvalue weighted by Crippen LogP contribution is -2.14. The van der Waals surface area contributed by atoms with Crippen LogP contribution < -0.4 is 5.73 Å². The Labute approximate surface area is 146 Å². The van der Waals surface area contributed by atoms with Gasteiger partial charge in [0.25, 0.3) is 10.0 Å². The number of hydrogen-bond acceptors (Lipinski definition) is 6. The minimum atomic E-state index is -3.94. The van der Waals surface area contributed by atoms with Crippen molar-refractivity contribution in [3.8, 4) is 0 Å². The van der Waals surface area contributed by atoms with Gasteiger partial charge in [-0.15, -0.1) is 11.3 Å². The van der Waals surface area contributed by atoms with Crippen molar-refractivity contribution in [2.75, 3.05) is 6.54 Å². The van der Waals surface area contributed by atoms with Gasteiger partial charge in [0.1, 0.15) is 0 Å². The number of imidazole rings is 1. The molecule has 0 spiro atoms. The zero-order valence-corrected chi connectivity index (χ0v) is 14.6. The van der Waals surface area contributed by atoms with Crippen molar-refractivity contribution in [1.29, 1.82) is 0 Å². The van der Waals surface area contributed by atoms with E-state index in [1.165, 1.54) is 19.7 Å². The molecule has 0 saturated heterocycles. The maximum absolute atomic E-state index is 13.2. The molecule has 0 aromatic carbocycles. The summed E-state index contributed by atoms with van der Waals surface area (Å²) in [5, 5.41) is 1.65. The summed E-state index contributed by atoms with van der Waals surface area (Å²) in [7, 11) is -3.94. The van der Waals surface area contributed by atoms with Crippen molar-refractivity contribution >= 4 is 49.0 Å². The molecule has 0 aliphatic carbocycles. The van der Waals surface area contributed by atoms with E-state index in [4.69, 9.17) is 17.3 Å². The largest absolute Gasteiger partial charge is 0.330 e. The van der Waals surface area contributed by atoms with Crippen molar-refractivity contribution in [3.05, 3.63) is 46.8 Å². The molecular formula is C14H12ClN5O2S2. The molecule has 124 valence electrons. The van der Waals surface area contributed by atoms with Crippen molar-refractivity contribution in [2.24, 2.45) is 5.73 Å². The first kappa shape index (κ1) is 15.6. The van der Waals surface area contributed by atoms with E-state index < -0.39 is 10.0 Å². The molecular weight excluding hydrogens is 370 g/mol. The van der Waals surface area contributed by atoms with Crippen LogP contribution in [-0.2, 0) is 16.4 Å². The SMILES string of the molecule is NCCc1cn(S(=O)(=O)c2c(Cl)nc3sccn23)c2cccnc12. The average molecular weight is 382 g/mol. The molecule has 0 radical (unpaired) electrons. The summed E-state index contributed by atoms with van der Waals surface area (Å²) in [6.07, 6.45) is 5.35. The lowest BCUT2D eigenvalue weighted by Gasteiger charge is -2.06. The van der Waals surface area contributed by atoms with Crippen molar-refractivity contribution in [3.63, 3.8) is 0 Å². The van der Waals surface area contributed by atoms with E-state index in [-0.39, 0.29) is 10.2 Å².